The van der Waals surface area contributed by atoms with Crippen LogP contribution in [0.25, 0.3) is 0 Å². The maximum Gasteiger partial charge on any atom is 0.219 e. The number of hydrogen-bond donors (Lipinski definition) is 1. The molecule has 1 heterocycles. The van der Waals surface area contributed by atoms with Gasteiger partial charge in [0.2, 0.25) is 5.91 Å². The molecule has 28 heavy (non-hydrogen) atoms. The second kappa shape index (κ2) is 7.59. The monoisotopic (exact) mass is 371 g/mol. The lowest BCUT2D eigenvalue weighted by atomic mass is 9.58. The van der Waals surface area contributed by atoms with E-state index in [1.54, 1.807) is 4.90 Å². The fraction of sp³-hybridized carbons (Fsp3) is 0.364. The van der Waals surface area contributed by atoms with Crippen molar-refractivity contribution in [3.63, 3.8) is 0 Å². The average molecular weight is 371 g/mol. The first-order valence-corrected chi connectivity index (χ1v) is 9.21. The molecule has 0 saturated carbocycles. The smallest absolute Gasteiger partial charge is 0.219 e. The number of allylic oxidation sites excluding steroid dienone is 2. The minimum atomic E-state index is -1.58. The van der Waals surface area contributed by atoms with Gasteiger partial charge in [0.15, 0.2) is 5.41 Å². The lowest BCUT2D eigenvalue weighted by Crippen LogP contribution is -2.50. The molecule has 0 fully saturated rings. The second-order valence-corrected chi connectivity index (χ2v) is 7.25. The molecule has 1 amide bonds. The number of amides is 1. The number of nitrogens with zero attached hydrogens (tertiary/aromatic N) is 4. The molecule has 6 nitrogen and oxygen atoms in total. The zero-order valence-electron chi connectivity index (χ0n) is 15.7. The van der Waals surface area contributed by atoms with E-state index in [-0.39, 0.29) is 23.1 Å². The number of carbonyl (C=O) groups is 1. The van der Waals surface area contributed by atoms with Crippen LogP contribution in [-0.2, 0) is 11.2 Å². The van der Waals surface area contributed by atoms with Gasteiger partial charge >= 0.3 is 0 Å². The van der Waals surface area contributed by atoms with Crippen molar-refractivity contribution in [1.29, 1.82) is 15.8 Å². The van der Waals surface area contributed by atoms with Gasteiger partial charge in [0.1, 0.15) is 6.07 Å². The normalized spacial score (nSPS) is 22.9. The quantitative estimate of drug-likeness (QED) is 0.875. The number of nitriles is 3. The van der Waals surface area contributed by atoms with E-state index in [2.05, 4.69) is 18.2 Å². The molecular formula is C22H21N5O. The van der Waals surface area contributed by atoms with Crippen molar-refractivity contribution < 1.29 is 4.79 Å². The van der Waals surface area contributed by atoms with Crippen LogP contribution in [-0.4, -0.2) is 23.9 Å². The van der Waals surface area contributed by atoms with E-state index >= 15 is 0 Å². The number of fused-ring (bicyclic) bond motifs is 1. The molecule has 0 radical (unpaired) electrons. The van der Waals surface area contributed by atoms with Crippen LogP contribution in [0.2, 0.25) is 0 Å². The van der Waals surface area contributed by atoms with Crippen molar-refractivity contribution in [3.8, 4) is 18.2 Å². The SMILES string of the molecule is CC(=O)N1CC=C2C(C#N)=C(N)C(C#N)(C#N)[C@H](CCc3ccccc3)[C@H]2C1. The standard InChI is InChI=1S/C22H21N5O/c1-15(28)27-10-9-17-18(11-23)21(26)22(13-24,14-25)20(19(17)12-27)8-7-16-5-3-2-4-6-16/h2-6,9,19-20H,7-8,10,12,26H2,1H3/t19-,20+/m0/s1. The average Bonchev–Trinajstić information content (AvgIpc) is 2.72. The fourth-order valence-corrected chi connectivity index (χ4v) is 4.33. The summed E-state index contributed by atoms with van der Waals surface area (Å²) in [4.78, 5) is 13.6. The van der Waals surface area contributed by atoms with Crippen LogP contribution in [0.1, 0.15) is 18.9 Å². The van der Waals surface area contributed by atoms with Gasteiger partial charge in [-0.3, -0.25) is 4.79 Å². The van der Waals surface area contributed by atoms with E-state index in [9.17, 15) is 20.6 Å². The Labute approximate surface area is 164 Å². The predicted octanol–water partition coefficient (Wildman–Crippen LogP) is 2.42. The summed E-state index contributed by atoms with van der Waals surface area (Å²) in [5, 5.41) is 29.6. The Morgan fingerprint density at radius 2 is 1.93 bits per heavy atom. The van der Waals surface area contributed by atoms with Gasteiger partial charge in [0, 0.05) is 31.8 Å². The Bertz CT molecular complexity index is 957. The molecule has 2 aliphatic rings. The predicted molar refractivity (Wildman–Crippen MR) is 103 cm³/mol. The van der Waals surface area contributed by atoms with Crippen LogP contribution in [0.3, 0.4) is 0 Å². The summed E-state index contributed by atoms with van der Waals surface area (Å²) in [5.74, 6) is -0.756. The third-order valence-electron chi connectivity index (χ3n) is 5.87. The molecule has 1 aliphatic carbocycles. The van der Waals surface area contributed by atoms with Gasteiger partial charge in [-0.05, 0) is 24.0 Å². The van der Waals surface area contributed by atoms with Gasteiger partial charge in [-0.1, -0.05) is 36.4 Å². The molecule has 140 valence electrons. The van der Waals surface area contributed by atoms with E-state index in [1.807, 2.05) is 36.4 Å². The molecule has 1 aliphatic heterocycles. The molecule has 0 aromatic heterocycles. The van der Waals surface area contributed by atoms with Gasteiger partial charge in [-0.2, -0.15) is 15.8 Å². The minimum Gasteiger partial charge on any atom is -0.399 e. The van der Waals surface area contributed by atoms with E-state index in [4.69, 9.17) is 5.73 Å². The summed E-state index contributed by atoms with van der Waals surface area (Å²) in [5.41, 5.74) is 6.78. The Balaban J connectivity index is 2.09. The number of aryl methyl sites for hydroxylation is 1. The molecular weight excluding hydrogens is 350 g/mol. The largest absolute Gasteiger partial charge is 0.399 e. The molecule has 6 heteroatoms. The molecule has 0 bridgehead atoms. The Hall–Kier alpha value is -3.56. The number of carbonyl (C=O) groups excluding carboxylic acids is 1. The van der Waals surface area contributed by atoms with Crippen molar-refractivity contribution in [2.75, 3.05) is 13.1 Å². The van der Waals surface area contributed by atoms with Gasteiger partial charge in [0.25, 0.3) is 0 Å². The molecule has 0 spiro atoms. The first kappa shape index (κ1) is 19.2. The third kappa shape index (κ3) is 3.02. The number of rotatable bonds is 3. The summed E-state index contributed by atoms with van der Waals surface area (Å²) in [7, 11) is 0. The maximum absolute atomic E-state index is 11.9. The van der Waals surface area contributed by atoms with Crippen molar-refractivity contribution in [3.05, 3.63) is 58.8 Å². The Morgan fingerprint density at radius 3 is 2.50 bits per heavy atom. The number of nitrogens with two attached hydrogens (primary N) is 1. The van der Waals surface area contributed by atoms with Gasteiger partial charge in [0.05, 0.1) is 23.4 Å². The Kier molecular flexibility index (Phi) is 5.21. The van der Waals surface area contributed by atoms with Crippen LogP contribution in [0.4, 0.5) is 0 Å². The highest BCUT2D eigenvalue weighted by molar-refractivity contribution is 5.74. The summed E-state index contributed by atoms with van der Waals surface area (Å²) in [6.07, 6.45) is 3.07. The van der Waals surface area contributed by atoms with E-state index in [0.29, 0.717) is 25.9 Å². The van der Waals surface area contributed by atoms with E-state index < -0.39 is 11.3 Å². The first-order valence-electron chi connectivity index (χ1n) is 9.21. The van der Waals surface area contributed by atoms with Crippen molar-refractivity contribution in [1.82, 2.24) is 4.90 Å². The Morgan fingerprint density at radius 1 is 1.25 bits per heavy atom. The summed E-state index contributed by atoms with van der Waals surface area (Å²) < 4.78 is 0. The van der Waals surface area contributed by atoms with Crippen LogP contribution in [0.15, 0.2) is 53.3 Å². The van der Waals surface area contributed by atoms with Crippen LogP contribution < -0.4 is 5.73 Å². The van der Waals surface area contributed by atoms with E-state index in [0.717, 1.165) is 11.1 Å². The molecule has 2 atom stereocenters. The van der Waals surface area contributed by atoms with Gasteiger partial charge < -0.3 is 10.6 Å². The minimum absolute atomic E-state index is 0.0387. The topological polar surface area (TPSA) is 118 Å². The molecule has 0 unspecified atom stereocenters. The highest BCUT2D eigenvalue weighted by atomic mass is 16.2. The number of hydrogen-bond acceptors (Lipinski definition) is 5. The second-order valence-electron chi connectivity index (χ2n) is 7.25. The lowest BCUT2D eigenvalue weighted by Gasteiger charge is -2.45. The molecule has 1 aromatic carbocycles. The fourth-order valence-electron chi connectivity index (χ4n) is 4.33. The van der Waals surface area contributed by atoms with Crippen molar-refractivity contribution in [2.24, 2.45) is 23.0 Å². The number of benzene rings is 1. The van der Waals surface area contributed by atoms with Gasteiger partial charge in [-0.15, -0.1) is 0 Å². The highest BCUT2D eigenvalue weighted by Crippen LogP contribution is 2.50. The van der Waals surface area contributed by atoms with Crippen LogP contribution in [0.5, 0.6) is 0 Å². The maximum atomic E-state index is 11.9. The molecule has 3 rings (SSSR count). The third-order valence-corrected chi connectivity index (χ3v) is 5.87. The summed E-state index contributed by atoms with van der Waals surface area (Å²) in [6.45, 7) is 2.28. The first-order chi connectivity index (χ1) is 13.5. The summed E-state index contributed by atoms with van der Waals surface area (Å²) in [6, 6.07) is 16.2. The highest BCUT2D eigenvalue weighted by Gasteiger charge is 2.53. The molecule has 0 saturated heterocycles. The molecule has 2 N–H and O–H groups in total. The van der Waals surface area contributed by atoms with Gasteiger partial charge in [-0.25, -0.2) is 0 Å². The van der Waals surface area contributed by atoms with Crippen LogP contribution in [0, 0.1) is 51.2 Å². The van der Waals surface area contributed by atoms with Crippen molar-refractivity contribution >= 4 is 5.91 Å². The van der Waals surface area contributed by atoms with Crippen molar-refractivity contribution in [2.45, 2.75) is 19.8 Å². The van der Waals surface area contributed by atoms with Crippen LogP contribution >= 0.6 is 0 Å². The summed E-state index contributed by atoms with van der Waals surface area (Å²) >= 11 is 0. The molecule has 1 aromatic rings. The lowest BCUT2D eigenvalue weighted by molar-refractivity contribution is -0.129. The zero-order valence-corrected chi connectivity index (χ0v) is 15.7. The van der Waals surface area contributed by atoms with E-state index in [1.165, 1.54) is 6.92 Å². The zero-order chi connectivity index (χ0) is 20.3.